The molecule has 0 aliphatic heterocycles. The second kappa shape index (κ2) is 8.36. The van der Waals surface area contributed by atoms with Crippen LogP contribution in [0.1, 0.15) is 5.56 Å². The Hall–Kier alpha value is -3.05. The van der Waals surface area contributed by atoms with E-state index < -0.39 is 5.91 Å². The predicted octanol–water partition coefficient (Wildman–Crippen LogP) is 3.26. The molecule has 0 aliphatic rings. The number of amides is 2. The van der Waals surface area contributed by atoms with E-state index in [2.05, 4.69) is 10.9 Å². The fourth-order valence-electron chi connectivity index (χ4n) is 2.52. The SMILES string of the molecule is O=C(COc1ccc(Cl)cc1)NNC(=O)Cc1cccc2ccccc12. The van der Waals surface area contributed by atoms with Crippen LogP contribution in [-0.4, -0.2) is 18.4 Å². The normalized spacial score (nSPS) is 10.3. The summed E-state index contributed by atoms with van der Waals surface area (Å²) >= 11 is 5.78. The van der Waals surface area contributed by atoms with Crippen LogP contribution >= 0.6 is 11.6 Å². The van der Waals surface area contributed by atoms with Gasteiger partial charge in [0, 0.05) is 5.02 Å². The standard InChI is InChI=1S/C20H17ClN2O3/c21-16-8-10-17(11-9-16)26-13-20(25)23-22-19(24)12-15-6-3-5-14-4-1-2-7-18(14)15/h1-11H,12-13H2,(H,22,24)(H,23,25). The molecule has 5 nitrogen and oxygen atoms in total. The summed E-state index contributed by atoms with van der Waals surface area (Å²) in [4.78, 5) is 23.9. The van der Waals surface area contributed by atoms with Gasteiger partial charge >= 0.3 is 0 Å². The summed E-state index contributed by atoms with van der Waals surface area (Å²) in [5.74, 6) is -0.237. The van der Waals surface area contributed by atoms with Gasteiger partial charge in [-0.1, -0.05) is 54.1 Å². The minimum Gasteiger partial charge on any atom is -0.484 e. The van der Waals surface area contributed by atoms with Crippen LogP contribution in [0.15, 0.2) is 66.7 Å². The van der Waals surface area contributed by atoms with Crippen molar-refractivity contribution >= 4 is 34.2 Å². The third-order valence-corrected chi connectivity index (χ3v) is 4.01. The quantitative estimate of drug-likeness (QED) is 0.679. The Labute approximate surface area is 155 Å². The van der Waals surface area contributed by atoms with Gasteiger partial charge in [0.25, 0.3) is 5.91 Å². The summed E-state index contributed by atoms with van der Waals surface area (Å²) in [7, 11) is 0. The Balaban J connectivity index is 1.49. The van der Waals surface area contributed by atoms with Crippen LogP contribution in [0.5, 0.6) is 5.75 Å². The van der Waals surface area contributed by atoms with E-state index in [0.717, 1.165) is 16.3 Å². The lowest BCUT2D eigenvalue weighted by Gasteiger charge is -2.10. The fourth-order valence-corrected chi connectivity index (χ4v) is 2.65. The average molecular weight is 369 g/mol. The lowest BCUT2D eigenvalue weighted by molar-refractivity contribution is -0.129. The zero-order valence-corrected chi connectivity index (χ0v) is 14.6. The molecule has 0 aromatic heterocycles. The maximum atomic E-state index is 12.1. The van der Waals surface area contributed by atoms with Crippen molar-refractivity contribution in [3.63, 3.8) is 0 Å². The monoisotopic (exact) mass is 368 g/mol. The fraction of sp³-hybridized carbons (Fsp3) is 0.100. The Bertz CT molecular complexity index is 920. The van der Waals surface area contributed by atoms with Gasteiger partial charge in [0.15, 0.2) is 6.61 Å². The number of fused-ring (bicyclic) bond motifs is 1. The molecule has 0 spiro atoms. The molecule has 0 saturated heterocycles. The molecule has 0 bridgehead atoms. The minimum absolute atomic E-state index is 0.166. The van der Waals surface area contributed by atoms with Crippen molar-refractivity contribution in [2.45, 2.75) is 6.42 Å². The summed E-state index contributed by atoms with van der Waals surface area (Å²) in [6.07, 6.45) is 0.166. The molecule has 132 valence electrons. The first-order valence-corrected chi connectivity index (χ1v) is 8.42. The number of benzene rings is 3. The average Bonchev–Trinajstić information content (AvgIpc) is 2.66. The van der Waals surface area contributed by atoms with E-state index in [0.29, 0.717) is 10.8 Å². The van der Waals surface area contributed by atoms with E-state index in [1.165, 1.54) is 0 Å². The van der Waals surface area contributed by atoms with Gasteiger partial charge in [0.2, 0.25) is 5.91 Å². The smallest absolute Gasteiger partial charge is 0.276 e. The van der Waals surface area contributed by atoms with Crippen LogP contribution in [-0.2, 0) is 16.0 Å². The highest BCUT2D eigenvalue weighted by molar-refractivity contribution is 6.30. The van der Waals surface area contributed by atoms with Crippen LogP contribution in [0.2, 0.25) is 5.02 Å². The summed E-state index contributed by atoms with van der Waals surface area (Å²) in [5, 5.41) is 2.67. The number of hydrogen-bond donors (Lipinski definition) is 2. The van der Waals surface area contributed by atoms with Crippen molar-refractivity contribution in [1.82, 2.24) is 10.9 Å². The molecule has 6 heteroatoms. The first-order chi connectivity index (χ1) is 12.6. The first kappa shape index (κ1) is 17.8. The van der Waals surface area contributed by atoms with Gasteiger partial charge in [-0.25, -0.2) is 0 Å². The Morgan fingerprint density at radius 3 is 2.35 bits per heavy atom. The highest BCUT2D eigenvalue weighted by Gasteiger charge is 2.09. The predicted molar refractivity (Wildman–Crippen MR) is 101 cm³/mol. The molecular formula is C20H17ClN2O3. The second-order valence-electron chi connectivity index (χ2n) is 5.65. The Morgan fingerprint density at radius 1 is 0.846 bits per heavy atom. The van der Waals surface area contributed by atoms with Crippen molar-refractivity contribution in [2.24, 2.45) is 0 Å². The topological polar surface area (TPSA) is 67.4 Å². The number of hydrogen-bond acceptors (Lipinski definition) is 3. The van der Waals surface area contributed by atoms with Gasteiger partial charge in [-0.3, -0.25) is 20.4 Å². The van der Waals surface area contributed by atoms with E-state index in [4.69, 9.17) is 16.3 Å². The van der Waals surface area contributed by atoms with E-state index in [1.807, 2.05) is 42.5 Å². The number of hydrazine groups is 1. The number of halogens is 1. The van der Waals surface area contributed by atoms with E-state index in [-0.39, 0.29) is 18.9 Å². The highest BCUT2D eigenvalue weighted by atomic mass is 35.5. The Kier molecular flexibility index (Phi) is 5.71. The zero-order chi connectivity index (χ0) is 18.4. The lowest BCUT2D eigenvalue weighted by Crippen LogP contribution is -2.44. The molecule has 2 N–H and O–H groups in total. The van der Waals surface area contributed by atoms with Gasteiger partial charge < -0.3 is 4.74 Å². The highest BCUT2D eigenvalue weighted by Crippen LogP contribution is 2.18. The molecule has 0 saturated carbocycles. The van der Waals surface area contributed by atoms with Crippen LogP contribution in [0.4, 0.5) is 0 Å². The molecule has 26 heavy (non-hydrogen) atoms. The number of nitrogens with one attached hydrogen (secondary N) is 2. The van der Waals surface area contributed by atoms with Crippen LogP contribution in [0, 0.1) is 0 Å². The molecule has 2 amide bonds. The second-order valence-corrected chi connectivity index (χ2v) is 6.09. The first-order valence-electron chi connectivity index (χ1n) is 8.04. The van der Waals surface area contributed by atoms with Crippen LogP contribution in [0.3, 0.4) is 0 Å². The molecule has 3 rings (SSSR count). The van der Waals surface area contributed by atoms with Crippen molar-refractivity contribution in [1.29, 1.82) is 0 Å². The molecule has 0 heterocycles. The summed E-state index contributed by atoms with van der Waals surface area (Å²) in [5.41, 5.74) is 5.64. The van der Waals surface area contributed by atoms with Gasteiger partial charge in [0.1, 0.15) is 5.75 Å². The van der Waals surface area contributed by atoms with Gasteiger partial charge in [-0.05, 0) is 40.6 Å². The van der Waals surface area contributed by atoms with Gasteiger partial charge in [-0.2, -0.15) is 0 Å². The summed E-state index contributed by atoms with van der Waals surface area (Å²) in [6, 6.07) is 20.3. The van der Waals surface area contributed by atoms with Crippen molar-refractivity contribution in [3.8, 4) is 5.75 Å². The number of carbonyl (C=O) groups is 2. The molecule has 3 aromatic carbocycles. The third kappa shape index (κ3) is 4.74. The maximum Gasteiger partial charge on any atom is 0.276 e. The minimum atomic E-state index is -0.453. The number of rotatable bonds is 5. The molecule has 0 atom stereocenters. The van der Waals surface area contributed by atoms with Crippen molar-refractivity contribution < 1.29 is 14.3 Å². The molecule has 0 fully saturated rings. The molecular weight excluding hydrogens is 352 g/mol. The van der Waals surface area contributed by atoms with Crippen molar-refractivity contribution in [3.05, 3.63) is 77.3 Å². The third-order valence-electron chi connectivity index (χ3n) is 3.76. The lowest BCUT2D eigenvalue weighted by atomic mass is 10.0. The van der Waals surface area contributed by atoms with E-state index in [1.54, 1.807) is 24.3 Å². The molecule has 3 aromatic rings. The molecule has 0 aliphatic carbocycles. The van der Waals surface area contributed by atoms with Gasteiger partial charge in [0.05, 0.1) is 6.42 Å². The molecule has 0 radical (unpaired) electrons. The zero-order valence-electron chi connectivity index (χ0n) is 13.9. The number of carbonyl (C=O) groups excluding carboxylic acids is 2. The van der Waals surface area contributed by atoms with Crippen LogP contribution < -0.4 is 15.6 Å². The molecule has 0 unspecified atom stereocenters. The Morgan fingerprint density at radius 2 is 1.54 bits per heavy atom. The van der Waals surface area contributed by atoms with E-state index >= 15 is 0 Å². The summed E-state index contributed by atoms with van der Waals surface area (Å²) < 4.78 is 5.31. The summed E-state index contributed by atoms with van der Waals surface area (Å²) in [6.45, 7) is -0.212. The van der Waals surface area contributed by atoms with Crippen molar-refractivity contribution in [2.75, 3.05) is 6.61 Å². The van der Waals surface area contributed by atoms with Crippen LogP contribution in [0.25, 0.3) is 10.8 Å². The maximum absolute atomic E-state index is 12.1. The number of ether oxygens (including phenoxy) is 1. The van der Waals surface area contributed by atoms with E-state index in [9.17, 15) is 9.59 Å². The van der Waals surface area contributed by atoms with Gasteiger partial charge in [-0.15, -0.1) is 0 Å². The largest absolute Gasteiger partial charge is 0.484 e.